The smallest absolute Gasteiger partial charge is 0.322 e. The number of rotatable bonds is 3. The number of esters is 1. The van der Waals surface area contributed by atoms with Crippen LogP contribution in [-0.4, -0.2) is 19.1 Å². The van der Waals surface area contributed by atoms with Crippen LogP contribution in [-0.2, 0) is 16.0 Å². The van der Waals surface area contributed by atoms with E-state index in [9.17, 15) is 4.79 Å². The number of nitrogens with two attached hydrogens (primary N) is 1. The number of methoxy groups -OCH3 is 1. The first-order chi connectivity index (χ1) is 7.17. The largest absolute Gasteiger partial charge is 0.468 e. The van der Waals surface area contributed by atoms with E-state index in [0.29, 0.717) is 6.42 Å². The van der Waals surface area contributed by atoms with Gasteiger partial charge >= 0.3 is 5.97 Å². The van der Waals surface area contributed by atoms with Crippen LogP contribution in [0.4, 0.5) is 0 Å². The minimum Gasteiger partial charge on any atom is -0.468 e. The maximum atomic E-state index is 11.1. The number of ether oxygens (including phenoxy) is 1. The maximum Gasteiger partial charge on any atom is 0.322 e. The molecule has 1 aromatic rings. The van der Waals surface area contributed by atoms with Gasteiger partial charge in [-0.1, -0.05) is 18.1 Å². The van der Waals surface area contributed by atoms with E-state index >= 15 is 0 Å². The second-order valence-corrected chi connectivity index (χ2v) is 3.18. The van der Waals surface area contributed by atoms with Crippen LogP contribution in [0, 0.1) is 12.3 Å². The highest BCUT2D eigenvalue weighted by atomic mass is 16.5. The number of terminal acetylenes is 1. The summed E-state index contributed by atoms with van der Waals surface area (Å²) < 4.78 is 4.53. The molecule has 0 radical (unpaired) electrons. The van der Waals surface area contributed by atoms with Crippen molar-refractivity contribution in [2.45, 2.75) is 12.5 Å². The molecule has 1 atom stereocenters. The van der Waals surface area contributed by atoms with Crippen LogP contribution in [0.5, 0.6) is 0 Å². The van der Waals surface area contributed by atoms with Gasteiger partial charge in [0.2, 0.25) is 0 Å². The summed E-state index contributed by atoms with van der Waals surface area (Å²) in [6.45, 7) is 0. The lowest BCUT2D eigenvalue weighted by molar-refractivity contribution is -0.142. The molecule has 0 bridgehead atoms. The lowest BCUT2D eigenvalue weighted by Crippen LogP contribution is -2.33. The van der Waals surface area contributed by atoms with Gasteiger partial charge in [0.1, 0.15) is 6.04 Å². The predicted octanol–water partition coefficient (Wildman–Crippen LogP) is 0.711. The van der Waals surface area contributed by atoms with Crippen molar-refractivity contribution in [3.05, 3.63) is 35.4 Å². The van der Waals surface area contributed by atoms with Crippen LogP contribution in [0.15, 0.2) is 24.3 Å². The summed E-state index contributed by atoms with van der Waals surface area (Å²) in [6, 6.07) is 6.74. The van der Waals surface area contributed by atoms with Crippen molar-refractivity contribution in [2.24, 2.45) is 5.73 Å². The van der Waals surface area contributed by atoms with Crippen molar-refractivity contribution >= 4 is 5.97 Å². The van der Waals surface area contributed by atoms with Gasteiger partial charge < -0.3 is 10.5 Å². The number of benzene rings is 1. The fourth-order valence-electron chi connectivity index (χ4n) is 1.23. The van der Waals surface area contributed by atoms with Gasteiger partial charge in [-0.2, -0.15) is 0 Å². The Morgan fingerprint density at radius 3 is 2.60 bits per heavy atom. The van der Waals surface area contributed by atoms with Gasteiger partial charge in [-0.15, -0.1) is 6.42 Å². The van der Waals surface area contributed by atoms with Gasteiger partial charge in [0.15, 0.2) is 0 Å². The zero-order chi connectivity index (χ0) is 11.3. The van der Waals surface area contributed by atoms with E-state index in [4.69, 9.17) is 12.2 Å². The molecule has 15 heavy (non-hydrogen) atoms. The molecule has 3 heteroatoms. The van der Waals surface area contributed by atoms with Crippen LogP contribution < -0.4 is 5.73 Å². The zero-order valence-corrected chi connectivity index (χ0v) is 8.57. The molecule has 3 nitrogen and oxygen atoms in total. The van der Waals surface area contributed by atoms with Crippen molar-refractivity contribution in [1.29, 1.82) is 0 Å². The number of carbonyl (C=O) groups is 1. The summed E-state index contributed by atoms with van der Waals surface area (Å²) >= 11 is 0. The third-order valence-electron chi connectivity index (χ3n) is 2.08. The molecule has 0 amide bonds. The van der Waals surface area contributed by atoms with Crippen molar-refractivity contribution in [1.82, 2.24) is 0 Å². The average Bonchev–Trinajstić information content (AvgIpc) is 2.29. The van der Waals surface area contributed by atoms with E-state index in [1.165, 1.54) is 7.11 Å². The minimum absolute atomic E-state index is 0.406. The van der Waals surface area contributed by atoms with Gasteiger partial charge in [-0.3, -0.25) is 4.79 Å². The Morgan fingerprint density at radius 2 is 2.13 bits per heavy atom. The second-order valence-electron chi connectivity index (χ2n) is 3.18. The Hall–Kier alpha value is -1.79. The minimum atomic E-state index is -0.619. The summed E-state index contributed by atoms with van der Waals surface area (Å²) in [5, 5.41) is 0. The van der Waals surface area contributed by atoms with Gasteiger partial charge in [-0.05, 0) is 24.1 Å². The Morgan fingerprint density at radius 1 is 1.53 bits per heavy atom. The van der Waals surface area contributed by atoms with Crippen LogP contribution in [0.25, 0.3) is 0 Å². The van der Waals surface area contributed by atoms with E-state index in [-0.39, 0.29) is 0 Å². The topological polar surface area (TPSA) is 52.3 Å². The SMILES string of the molecule is C#Cc1ccc(C[C@H](N)C(=O)OC)cc1. The molecule has 0 heterocycles. The molecule has 0 aliphatic carbocycles. The third-order valence-corrected chi connectivity index (χ3v) is 2.08. The molecule has 0 aromatic heterocycles. The van der Waals surface area contributed by atoms with Crippen molar-refractivity contribution < 1.29 is 9.53 Å². The Kier molecular flexibility index (Phi) is 3.90. The molecule has 0 unspecified atom stereocenters. The van der Waals surface area contributed by atoms with Crippen molar-refractivity contribution in [2.75, 3.05) is 7.11 Å². The molecule has 0 fully saturated rings. The summed E-state index contributed by atoms with van der Waals surface area (Å²) in [5.41, 5.74) is 7.39. The highest BCUT2D eigenvalue weighted by Crippen LogP contribution is 2.06. The first-order valence-electron chi connectivity index (χ1n) is 4.56. The molecule has 78 valence electrons. The normalized spacial score (nSPS) is 11.5. The molecule has 1 aromatic carbocycles. The van der Waals surface area contributed by atoms with Gasteiger partial charge in [0.25, 0.3) is 0 Å². The molecule has 0 aliphatic heterocycles. The van der Waals surface area contributed by atoms with E-state index < -0.39 is 12.0 Å². The maximum absolute atomic E-state index is 11.1. The standard InChI is InChI=1S/C12H13NO2/c1-3-9-4-6-10(7-5-9)8-11(13)12(14)15-2/h1,4-7,11H,8,13H2,2H3/t11-/m0/s1. The highest BCUT2D eigenvalue weighted by Gasteiger charge is 2.13. The Bertz CT molecular complexity index is 376. The summed E-state index contributed by atoms with van der Waals surface area (Å²) in [6.07, 6.45) is 5.68. The number of carbonyl (C=O) groups excluding carboxylic acids is 1. The van der Waals surface area contributed by atoms with Crippen LogP contribution in [0.2, 0.25) is 0 Å². The van der Waals surface area contributed by atoms with Crippen LogP contribution >= 0.6 is 0 Å². The van der Waals surface area contributed by atoms with Gasteiger partial charge in [-0.25, -0.2) is 0 Å². The predicted molar refractivity (Wildman–Crippen MR) is 58.1 cm³/mol. The molecule has 0 saturated heterocycles. The van der Waals surface area contributed by atoms with Crippen molar-refractivity contribution in [3.63, 3.8) is 0 Å². The third kappa shape index (κ3) is 3.12. The summed E-state index contributed by atoms with van der Waals surface area (Å²) in [5.74, 6) is 2.11. The van der Waals surface area contributed by atoms with Gasteiger partial charge in [0, 0.05) is 5.56 Å². The average molecular weight is 203 g/mol. The van der Waals surface area contributed by atoms with Gasteiger partial charge in [0.05, 0.1) is 7.11 Å². The monoisotopic (exact) mass is 203 g/mol. The fourth-order valence-corrected chi connectivity index (χ4v) is 1.23. The van der Waals surface area contributed by atoms with Crippen molar-refractivity contribution in [3.8, 4) is 12.3 Å². The van der Waals surface area contributed by atoms with E-state index in [0.717, 1.165) is 11.1 Å². The van der Waals surface area contributed by atoms with Crippen LogP contribution in [0.3, 0.4) is 0 Å². The quantitative estimate of drug-likeness (QED) is 0.581. The molecule has 2 N–H and O–H groups in total. The lowest BCUT2D eigenvalue weighted by Gasteiger charge is -2.08. The first-order valence-corrected chi connectivity index (χ1v) is 4.56. The Balaban J connectivity index is 2.66. The highest BCUT2D eigenvalue weighted by molar-refractivity contribution is 5.75. The molecular formula is C12H13NO2. The van der Waals surface area contributed by atoms with E-state index in [2.05, 4.69) is 10.7 Å². The number of hydrogen-bond acceptors (Lipinski definition) is 3. The summed E-state index contributed by atoms with van der Waals surface area (Å²) in [4.78, 5) is 11.1. The molecule has 0 aliphatic rings. The summed E-state index contributed by atoms with van der Waals surface area (Å²) in [7, 11) is 1.32. The first kappa shape index (κ1) is 11.3. The lowest BCUT2D eigenvalue weighted by atomic mass is 10.1. The molecule has 0 saturated carbocycles. The zero-order valence-electron chi connectivity index (χ0n) is 8.57. The molecular weight excluding hydrogens is 190 g/mol. The molecule has 1 rings (SSSR count). The number of hydrogen-bond donors (Lipinski definition) is 1. The second kappa shape index (κ2) is 5.18. The van der Waals surface area contributed by atoms with Crippen LogP contribution in [0.1, 0.15) is 11.1 Å². The fraction of sp³-hybridized carbons (Fsp3) is 0.250. The molecule has 0 spiro atoms. The van der Waals surface area contributed by atoms with E-state index in [1.54, 1.807) is 0 Å². The van der Waals surface area contributed by atoms with E-state index in [1.807, 2.05) is 24.3 Å². The Labute approximate surface area is 89.2 Å².